The van der Waals surface area contributed by atoms with Gasteiger partial charge in [-0.15, -0.1) is 0 Å². The molecule has 0 aromatic heterocycles. The lowest BCUT2D eigenvalue weighted by molar-refractivity contribution is 0.631. The van der Waals surface area contributed by atoms with Gasteiger partial charge in [0.1, 0.15) is 5.84 Å². The number of hydrogen-bond acceptors (Lipinski definition) is 1. The fourth-order valence-electron chi connectivity index (χ4n) is 1.35. The number of aliphatic imine (C=N–C) groups is 1. The molecule has 0 radical (unpaired) electrons. The van der Waals surface area contributed by atoms with E-state index in [1.807, 2.05) is 30.3 Å². The van der Waals surface area contributed by atoms with E-state index in [1.54, 1.807) is 0 Å². The third kappa shape index (κ3) is 2.87. The van der Waals surface area contributed by atoms with Crippen molar-refractivity contribution < 1.29 is 0 Å². The summed E-state index contributed by atoms with van der Waals surface area (Å²) in [7, 11) is 0. The molecule has 0 fully saturated rings. The fourth-order valence-corrected chi connectivity index (χ4v) is 1.35. The van der Waals surface area contributed by atoms with Crippen molar-refractivity contribution >= 4 is 5.84 Å². The Morgan fingerprint density at radius 2 is 1.79 bits per heavy atom. The molecule has 2 nitrogen and oxygen atoms in total. The molecule has 0 bridgehead atoms. The zero-order chi connectivity index (χ0) is 10.4. The van der Waals surface area contributed by atoms with Crippen LogP contribution in [0, 0.1) is 0 Å². The van der Waals surface area contributed by atoms with Crippen molar-refractivity contribution in [3.05, 3.63) is 35.9 Å². The minimum Gasteiger partial charge on any atom is -0.383 e. The lowest BCUT2D eigenvalue weighted by Crippen LogP contribution is -2.17. The number of nitrogens with zero attached hydrogens (tertiary/aromatic N) is 1. The third-order valence-electron chi connectivity index (χ3n) is 2.33. The molecule has 0 aliphatic heterocycles. The van der Waals surface area contributed by atoms with Gasteiger partial charge in [-0.2, -0.15) is 0 Å². The molecule has 0 saturated heterocycles. The second kappa shape index (κ2) is 5.43. The van der Waals surface area contributed by atoms with Gasteiger partial charge in [-0.05, 0) is 12.8 Å². The molecule has 0 spiro atoms. The summed E-state index contributed by atoms with van der Waals surface area (Å²) in [6.45, 7) is 4.27. The summed E-state index contributed by atoms with van der Waals surface area (Å²) in [5, 5.41) is 0. The molecule has 1 rings (SSSR count). The Morgan fingerprint density at radius 1 is 1.21 bits per heavy atom. The van der Waals surface area contributed by atoms with E-state index >= 15 is 0 Å². The van der Waals surface area contributed by atoms with Crippen molar-refractivity contribution in [2.24, 2.45) is 10.7 Å². The molecular formula is C12H18N2. The molecule has 14 heavy (non-hydrogen) atoms. The van der Waals surface area contributed by atoms with Gasteiger partial charge in [-0.3, -0.25) is 4.99 Å². The molecule has 0 heterocycles. The first kappa shape index (κ1) is 10.8. The van der Waals surface area contributed by atoms with Gasteiger partial charge >= 0.3 is 0 Å². The van der Waals surface area contributed by atoms with Gasteiger partial charge in [0.25, 0.3) is 0 Å². The normalized spacial score (nSPS) is 12.1. The third-order valence-corrected chi connectivity index (χ3v) is 2.33. The maximum absolute atomic E-state index is 5.90. The molecule has 0 amide bonds. The van der Waals surface area contributed by atoms with E-state index in [-0.39, 0.29) is 0 Å². The minimum absolute atomic E-state index is 0.357. The number of benzene rings is 1. The van der Waals surface area contributed by atoms with Crippen molar-refractivity contribution in [3.8, 4) is 0 Å². The Hall–Kier alpha value is -1.31. The van der Waals surface area contributed by atoms with Crippen LogP contribution in [0.4, 0.5) is 0 Å². The highest BCUT2D eigenvalue weighted by Crippen LogP contribution is 2.05. The Kier molecular flexibility index (Phi) is 4.17. The molecule has 0 atom stereocenters. The monoisotopic (exact) mass is 190 g/mol. The molecule has 0 aliphatic rings. The van der Waals surface area contributed by atoms with Crippen LogP contribution in [-0.4, -0.2) is 11.9 Å². The minimum atomic E-state index is 0.357. The summed E-state index contributed by atoms with van der Waals surface area (Å²) in [5.41, 5.74) is 6.91. The van der Waals surface area contributed by atoms with Crippen LogP contribution in [-0.2, 0) is 0 Å². The lowest BCUT2D eigenvalue weighted by atomic mass is 10.1. The average Bonchev–Trinajstić information content (AvgIpc) is 2.26. The van der Waals surface area contributed by atoms with Gasteiger partial charge in [0, 0.05) is 5.56 Å². The summed E-state index contributed by atoms with van der Waals surface area (Å²) in [6, 6.07) is 10.3. The van der Waals surface area contributed by atoms with Crippen molar-refractivity contribution in [2.45, 2.75) is 32.7 Å². The molecule has 2 heteroatoms. The zero-order valence-electron chi connectivity index (χ0n) is 8.90. The predicted molar refractivity (Wildman–Crippen MR) is 61.5 cm³/mol. The summed E-state index contributed by atoms with van der Waals surface area (Å²) >= 11 is 0. The molecule has 0 unspecified atom stereocenters. The molecule has 2 N–H and O–H groups in total. The number of nitrogens with two attached hydrogens (primary N) is 1. The van der Waals surface area contributed by atoms with E-state index < -0.39 is 0 Å². The van der Waals surface area contributed by atoms with Crippen molar-refractivity contribution in [1.82, 2.24) is 0 Å². The van der Waals surface area contributed by atoms with Gasteiger partial charge in [0.05, 0.1) is 6.04 Å². The van der Waals surface area contributed by atoms with E-state index in [2.05, 4.69) is 18.8 Å². The number of amidine groups is 1. The molecule has 1 aromatic carbocycles. The quantitative estimate of drug-likeness (QED) is 0.575. The maximum Gasteiger partial charge on any atom is 0.125 e. The maximum atomic E-state index is 5.90. The molecular weight excluding hydrogens is 172 g/mol. The van der Waals surface area contributed by atoms with E-state index in [0.717, 1.165) is 18.4 Å². The molecule has 0 saturated carbocycles. The Bertz CT molecular complexity index is 286. The van der Waals surface area contributed by atoms with Crippen LogP contribution >= 0.6 is 0 Å². The standard InChI is InChI=1S/C12H18N2/c1-3-11(4-2)14-12(13)10-8-6-5-7-9-10/h5-9,11H,3-4H2,1-2H3,(H2,13,14). The van der Waals surface area contributed by atoms with Gasteiger partial charge in [-0.25, -0.2) is 0 Å². The second-order valence-corrected chi connectivity index (χ2v) is 3.35. The summed E-state index contributed by atoms with van der Waals surface area (Å²) in [4.78, 5) is 4.48. The summed E-state index contributed by atoms with van der Waals surface area (Å²) in [6.07, 6.45) is 2.09. The van der Waals surface area contributed by atoms with E-state index in [0.29, 0.717) is 11.9 Å². The topological polar surface area (TPSA) is 38.4 Å². The van der Waals surface area contributed by atoms with Gasteiger partial charge in [-0.1, -0.05) is 44.2 Å². The smallest absolute Gasteiger partial charge is 0.125 e. The second-order valence-electron chi connectivity index (χ2n) is 3.35. The van der Waals surface area contributed by atoms with Crippen molar-refractivity contribution in [2.75, 3.05) is 0 Å². The lowest BCUT2D eigenvalue weighted by Gasteiger charge is -2.08. The highest BCUT2D eigenvalue weighted by Gasteiger charge is 2.02. The van der Waals surface area contributed by atoms with Crippen LogP contribution in [0.5, 0.6) is 0 Å². The molecule has 0 aliphatic carbocycles. The van der Waals surface area contributed by atoms with E-state index in [1.165, 1.54) is 0 Å². The van der Waals surface area contributed by atoms with Crippen LogP contribution in [0.2, 0.25) is 0 Å². The van der Waals surface area contributed by atoms with E-state index in [9.17, 15) is 0 Å². The fraction of sp³-hybridized carbons (Fsp3) is 0.417. The first-order valence-electron chi connectivity index (χ1n) is 5.16. The summed E-state index contributed by atoms with van der Waals surface area (Å²) < 4.78 is 0. The van der Waals surface area contributed by atoms with Gasteiger partial charge in [0.2, 0.25) is 0 Å². The van der Waals surface area contributed by atoms with Gasteiger partial charge < -0.3 is 5.73 Å². The Morgan fingerprint density at radius 3 is 2.29 bits per heavy atom. The predicted octanol–water partition coefficient (Wildman–Crippen LogP) is 2.58. The zero-order valence-corrected chi connectivity index (χ0v) is 8.90. The van der Waals surface area contributed by atoms with Crippen LogP contribution in [0.3, 0.4) is 0 Å². The highest BCUT2D eigenvalue weighted by atomic mass is 14.9. The largest absolute Gasteiger partial charge is 0.383 e. The summed E-state index contributed by atoms with van der Waals surface area (Å²) in [5.74, 6) is 0.652. The highest BCUT2D eigenvalue weighted by molar-refractivity contribution is 5.97. The van der Waals surface area contributed by atoms with Crippen molar-refractivity contribution in [3.63, 3.8) is 0 Å². The van der Waals surface area contributed by atoms with Crippen LogP contribution in [0.15, 0.2) is 35.3 Å². The Balaban J connectivity index is 2.78. The molecule has 76 valence electrons. The number of rotatable bonds is 4. The molecule has 1 aromatic rings. The van der Waals surface area contributed by atoms with Gasteiger partial charge in [0.15, 0.2) is 0 Å². The average molecular weight is 190 g/mol. The Labute approximate surface area is 85.9 Å². The van der Waals surface area contributed by atoms with Crippen LogP contribution < -0.4 is 5.73 Å². The SMILES string of the molecule is CCC(CC)N=C(N)c1ccccc1. The van der Waals surface area contributed by atoms with E-state index in [4.69, 9.17) is 5.73 Å². The number of hydrogen-bond donors (Lipinski definition) is 1. The first-order chi connectivity index (χ1) is 6.77. The first-order valence-corrected chi connectivity index (χ1v) is 5.16. The van der Waals surface area contributed by atoms with Crippen LogP contribution in [0.1, 0.15) is 32.3 Å². The van der Waals surface area contributed by atoms with Crippen LogP contribution in [0.25, 0.3) is 0 Å². The van der Waals surface area contributed by atoms with Crippen molar-refractivity contribution in [1.29, 1.82) is 0 Å².